The van der Waals surface area contributed by atoms with E-state index in [0.717, 1.165) is 23.3 Å². The Balaban J connectivity index is 1.49. The summed E-state index contributed by atoms with van der Waals surface area (Å²) in [6, 6.07) is 22.2. The van der Waals surface area contributed by atoms with Crippen molar-refractivity contribution >= 4 is 23.5 Å². The highest BCUT2D eigenvalue weighted by atomic mass is 16.5. The predicted octanol–water partition coefficient (Wildman–Crippen LogP) is 5.28. The minimum Gasteiger partial charge on any atom is -0.497 e. The third-order valence-electron chi connectivity index (χ3n) is 5.79. The summed E-state index contributed by atoms with van der Waals surface area (Å²) < 4.78 is 15.9. The number of nitrogens with zero attached hydrogens (tertiary/aromatic N) is 2. The molecule has 0 unspecified atom stereocenters. The number of benzene rings is 3. The van der Waals surface area contributed by atoms with Crippen LogP contribution in [0, 0.1) is 0 Å². The lowest BCUT2D eigenvalue weighted by atomic mass is 10.1. The normalized spacial score (nSPS) is 13.4. The fourth-order valence-corrected chi connectivity index (χ4v) is 3.95. The van der Waals surface area contributed by atoms with Crippen LogP contribution in [-0.4, -0.2) is 44.3 Å². The Morgan fingerprint density at radius 3 is 2.31 bits per heavy atom. The van der Waals surface area contributed by atoms with E-state index in [2.05, 4.69) is 5.32 Å². The summed E-state index contributed by atoms with van der Waals surface area (Å²) >= 11 is 0. The number of carbonyl (C=O) groups excluding carboxylic acids is 2. The maximum Gasteiger partial charge on any atom is 0.412 e. The van der Waals surface area contributed by atoms with Crippen LogP contribution in [0.15, 0.2) is 72.8 Å². The van der Waals surface area contributed by atoms with E-state index in [1.807, 2.05) is 54.6 Å². The number of anilines is 2. The first-order valence-electron chi connectivity index (χ1n) is 11.4. The van der Waals surface area contributed by atoms with E-state index < -0.39 is 6.09 Å². The number of nitrogens with one attached hydrogen (secondary N) is 1. The van der Waals surface area contributed by atoms with Gasteiger partial charge in [0.05, 0.1) is 25.6 Å². The second-order valence-electron chi connectivity index (χ2n) is 8.13. The highest BCUT2D eigenvalue weighted by Gasteiger charge is 2.29. The van der Waals surface area contributed by atoms with Gasteiger partial charge in [-0.1, -0.05) is 42.5 Å². The Labute approximate surface area is 205 Å². The van der Waals surface area contributed by atoms with Crippen LogP contribution in [0.5, 0.6) is 11.5 Å². The molecule has 35 heavy (non-hydrogen) atoms. The largest absolute Gasteiger partial charge is 0.497 e. The minimum atomic E-state index is -0.608. The predicted molar refractivity (Wildman–Crippen MR) is 134 cm³/mol. The molecule has 3 amide bonds. The van der Waals surface area contributed by atoms with Crippen molar-refractivity contribution in [3.05, 3.63) is 83.9 Å². The summed E-state index contributed by atoms with van der Waals surface area (Å²) in [6.45, 7) is 1.82. The lowest BCUT2D eigenvalue weighted by molar-refractivity contribution is 0.155. The molecule has 0 atom stereocenters. The monoisotopic (exact) mass is 475 g/mol. The molecule has 1 saturated heterocycles. The van der Waals surface area contributed by atoms with Gasteiger partial charge in [0.1, 0.15) is 18.1 Å². The zero-order valence-corrected chi connectivity index (χ0v) is 19.9. The van der Waals surface area contributed by atoms with Gasteiger partial charge in [0.2, 0.25) is 0 Å². The molecule has 0 radical (unpaired) electrons. The smallest absolute Gasteiger partial charge is 0.412 e. The van der Waals surface area contributed by atoms with Crippen molar-refractivity contribution in [2.75, 3.05) is 37.5 Å². The van der Waals surface area contributed by atoms with Gasteiger partial charge in [0.25, 0.3) is 0 Å². The average Bonchev–Trinajstić information content (AvgIpc) is 2.90. The van der Waals surface area contributed by atoms with Gasteiger partial charge < -0.3 is 19.1 Å². The van der Waals surface area contributed by atoms with Crippen LogP contribution < -0.4 is 19.7 Å². The summed E-state index contributed by atoms with van der Waals surface area (Å²) in [5.74, 6) is 1.33. The zero-order chi connectivity index (χ0) is 24.6. The number of hydrogen-bond acceptors (Lipinski definition) is 5. The summed E-state index contributed by atoms with van der Waals surface area (Å²) in [4.78, 5) is 29.4. The van der Waals surface area contributed by atoms with Gasteiger partial charge in [-0.2, -0.15) is 0 Å². The van der Waals surface area contributed by atoms with Crippen molar-refractivity contribution in [1.29, 1.82) is 0 Å². The second kappa shape index (κ2) is 11.3. The van der Waals surface area contributed by atoms with Crippen molar-refractivity contribution in [3.63, 3.8) is 0 Å². The van der Waals surface area contributed by atoms with E-state index in [0.29, 0.717) is 36.8 Å². The van der Waals surface area contributed by atoms with Gasteiger partial charge >= 0.3 is 12.1 Å². The quantitative estimate of drug-likeness (QED) is 0.479. The summed E-state index contributed by atoms with van der Waals surface area (Å²) in [5.41, 5.74) is 2.93. The van der Waals surface area contributed by atoms with Crippen LogP contribution in [0.4, 0.5) is 21.0 Å². The summed E-state index contributed by atoms with van der Waals surface area (Å²) in [5, 5.41) is 2.78. The van der Waals surface area contributed by atoms with Gasteiger partial charge in [-0.3, -0.25) is 10.2 Å². The molecule has 0 aromatic heterocycles. The van der Waals surface area contributed by atoms with Crippen molar-refractivity contribution in [2.45, 2.75) is 19.6 Å². The first-order valence-corrected chi connectivity index (χ1v) is 11.4. The van der Waals surface area contributed by atoms with Crippen LogP contribution in [-0.2, 0) is 17.9 Å². The number of urea groups is 1. The third-order valence-corrected chi connectivity index (χ3v) is 5.79. The van der Waals surface area contributed by atoms with Crippen molar-refractivity contribution in [1.82, 2.24) is 4.90 Å². The van der Waals surface area contributed by atoms with Gasteiger partial charge in [0.15, 0.2) is 0 Å². The molecule has 1 aliphatic rings. The molecule has 8 nitrogen and oxygen atoms in total. The van der Waals surface area contributed by atoms with E-state index in [9.17, 15) is 9.59 Å². The molecule has 0 spiro atoms. The molecule has 0 aliphatic carbocycles. The van der Waals surface area contributed by atoms with Gasteiger partial charge in [-0.05, 0) is 41.8 Å². The van der Waals surface area contributed by atoms with E-state index in [1.54, 1.807) is 42.2 Å². The number of ether oxygens (including phenoxy) is 3. The lowest BCUT2D eigenvalue weighted by Crippen LogP contribution is -2.49. The topological polar surface area (TPSA) is 80.3 Å². The fraction of sp³-hybridized carbons (Fsp3) is 0.259. The molecule has 1 fully saturated rings. The Hall–Kier alpha value is -4.20. The van der Waals surface area contributed by atoms with Crippen molar-refractivity contribution < 1.29 is 23.8 Å². The van der Waals surface area contributed by atoms with Crippen LogP contribution in [0.2, 0.25) is 0 Å². The molecule has 1 heterocycles. The Morgan fingerprint density at radius 1 is 0.886 bits per heavy atom. The number of rotatable bonds is 8. The molecule has 3 aromatic carbocycles. The van der Waals surface area contributed by atoms with E-state index in [-0.39, 0.29) is 12.6 Å². The van der Waals surface area contributed by atoms with Gasteiger partial charge in [0, 0.05) is 25.7 Å². The summed E-state index contributed by atoms with van der Waals surface area (Å²) in [7, 11) is 3.17. The maximum atomic E-state index is 13.4. The Kier molecular flexibility index (Phi) is 7.72. The third kappa shape index (κ3) is 6.03. The van der Waals surface area contributed by atoms with Crippen LogP contribution in [0.25, 0.3) is 0 Å². The molecule has 8 heteroatoms. The van der Waals surface area contributed by atoms with Crippen molar-refractivity contribution in [2.24, 2.45) is 0 Å². The van der Waals surface area contributed by atoms with Crippen LogP contribution >= 0.6 is 0 Å². The first-order chi connectivity index (χ1) is 17.1. The molecule has 0 saturated carbocycles. The Bertz CT molecular complexity index is 1150. The van der Waals surface area contributed by atoms with E-state index >= 15 is 0 Å². The molecular formula is C27H29N3O5. The molecule has 3 aromatic rings. The number of carbonyl (C=O) groups is 2. The molecule has 0 bridgehead atoms. The van der Waals surface area contributed by atoms with Crippen molar-refractivity contribution in [3.8, 4) is 11.5 Å². The lowest BCUT2D eigenvalue weighted by Gasteiger charge is -2.36. The average molecular weight is 476 g/mol. The molecular weight excluding hydrogens is 446 g/mol. The number of hydrogen-bond donors (Lipinski definition) is 1. The molecule has 1 aliphatic heterocycles. The highest BCUT2D eigenvalue weighted by Crippen LogP contribution is 2.33. The van der Waals surface area contributed by atoms with E-state index in [1.165, 1.54) is 0 Å². The summed E-state index contributed by atoms with van der Waals surface area (Å²) in [6.07, 6.45) is 0.189. The molecule has 182 valence electrons. The fourth-order valence-electron chi connectivity index (χ4n) is 3.95. The standard InChI is InChI=1S/C27H29N3O5/c1-33-22-11-9-20(10-12-22)18-29-15-6-16-30(27(29)32)25-14-13-23(34-2)17-24(25)28-26(31)35-19-21-7-4-3-5-8-21/h3-5,7-14,17H,6,15-16,18-19H2,1-2H3,(H,28,31). The van der Waals surface area contributed by atoms with Crippen LogP contribution in [0.1, 0.15) is 17.5 Å². The number of amides is 3. The molecule has 4 rings (SSSR count). The number of methoxy groups -OCH3 is 2. The van der Waals surface area contributed by atoms with Crippen LogP contribution in [0.3, 0.4) is 0 Å². The van der Waals surface area contributed by atoms with E-state index in [4.69, 9.17) is 14.2 Å². The SMILES string of the molecule is COc1ccc(CN2CCCN(c3ccc(OC)cc3NC(=O)OCc3ccccc3)C2=O)cc1. The first kappa shape index (κ1) is 23.9. The van der Waals surface area contributed by atoms with Gasteiger partial charge in [-0.25, -0.2) is 9.59 Å². The molecule has 1 N–H and O–H groups in total. The minimum absolute atomic E-state index is 0.127. The van der Waals surface area contributed by atoms with Gasteiger partial charge in [-0.15, -0.1) is 0 Å². The zero-order valence-electron chi connectivity index (χ0n) is 19.9. The Morgan fingerprint density at radius 2 is 1.60 bits per heavy atom. The maximum absolute atomic E-state index is 13.4. The second-order valence-corrected chi connectivity index (χ2v) is 8.13. The highest BCUT2D eigenvalue weighted by molar-refractivity contribution is 5.99.